The molecule has 0 aliphatic carbocycles. The molecule has 196 valence electrons. The largest absolute Gasteiger partial charge is 0.463 e. The minimum absolute atomic E-state index is 0.136. The normalized spacial score (nSPS) is 24.9. The van der Waals surface area contributed by atoms with Crippen molar-refractivity contribution in [2.45, 2.75) is 102 Å². The predicted molar refractivity (Wildman–Crippen MR) is 125 cm³/mol. The molecule has 1 aliphatic heterocycles. The predicted octanol–water partition coefficient (Wildman–Crippen LogP) is 2.15. The number of allylic oxidation sites excluding steroid dienone is 2. The molecular weight excluding hydrogens is 444 g/mol. The van der Waals surface area contributed by atoms with E-state index < -0.39 is 42.6 Å². The molecule has 9 heteroatoms. The number of carbonyl (C=O) groups excluding carboxylic acids is 2. The highest BCUT2D eigenvalue weighted by Gasteiger charge is 2.35. The molecule has 1 rings (SSSR count). The molecule has 1 unspecified atom stereocenters. The first kappa shape index (κ1) is 30.3. The molecule has 0 radical (unpaired) electrons. The van der Waals surface area contributed by atoms with E-state index in [9.17, 15) is 30.0 Å². The van der Waals surface area contributed by atoms with Crippen molar-refractivity contribution in [1.82, 2.24) is 0 Å². The van der Waals surface area contributed by atoms with Gasteiger partial charge in [-0.3, -0.25) is 9.59 Å². The van der Waals surface area contributed by atoms with Crippen molar-refractivity contribution < 1.29 is 44.2 Å². The maximum atomic E-state index is 11.7. The molecule has 34 heavy (non-hydrogen) atoms. The minimum atomic E-state index is -1.05. The lowest BCUT2D eigenvalue weighted by molar-refractivity contribution is -0.199. The molecule has 0 spiro atoms. The van der Waals surface area contributed by atoms with Crippen molar-refractivity contribution in [3.05, 3.63) is 24.3 Å². The molecule has 9 nitrogen and oxygen atoms in total. The molecule has 1 saturated heterocycles. The molecule has 0 amide bonds. The van der Waals surface area contributed by atoms with Crippen molar-refractivity contribution in [2.24, 2.45) is 5.92 Å². The topological polar surface area (TPSA) is 143 Å². The number of carbonyl (C=O) groups is 2. The van der Waals surface area contributed by atoms with Crippen LogP contribution in [-0.2, 0) is 23.8 Å². The Hall–Kier alpha value is -1.78. The van der Waals surface area contributed by atoms with E-state index in [1.165, 1.54) is 6.92 Å². The van der Waals surface area contributed by atoms with Crippen LogP contribution in [-0.4, -0.2) is 76.3 Å². The monoisotopic (exact) mass is 486 g/mol. The zero-order chi connectivity index (χ0) is 25.3. The number of unbranched alkanes of at least 4 members (excludes halogenated alkanes) is 3. The Bertz CT molecular complexity index is 634. The Morgan fingerprint density at radius 2 is 1.82 bits per heavy atom. The maximum absolute atomic E-state index is 11.7. The highest BCUT2D eigenvalue weighted by molar-refractivity contribution is 5.69. The van der Waals surface area contributed by atoms with Gasteiger partial charge in [0.2, 0.25) is 0 Å². The third-order valence-corrected chi connectivity index (χ3v) is 5.54. The summed E-state index contributed by atoms with van der Waals surface area (Å²) >= 11 is 0. The summed E-state index contributed by atoms with van der Waals surface area (Å²) in [5.41, 5.74) is 0. The number of rotatable bonds is 16. The second-order valence-corrected chi connectivity index (χ2v) is 8.71. The Labute approximate surface area is 202 Å². The molecule has 1 fully saturated rings. The van der Waals surface area contributed by atoms with Gasteiger partial charge in [-0.2, -0.15) is 0 Å². The van der Waals surface area contributed by atoms with Crippen LogP contribution in [0.3, 0.4) is 0 Å². The molecule has 1 aliphatic rings. The average Bonchev–Trinajstić information content (AvgIpc) is 2.78. The first-order valence-corrected chi connectivity index (χ1v) is 12.2. The first-order valence-electron chi connectivity index (χ1n) is 12.2. The third-order valence-electron chi connectivity index (χ3n) is 5.54. The van der Waals surface area contributed by atoms with Crippen LogP contribution in [0.5, 0.6) is 0 Å². The quantitative estimate of drug-likeness (QED) is 0.147. The molecule has 4 N–H and O–H groups in total. The van der Waals surface area contributed by atoms with Crippen LogP contribution in [0, 0.1) is 5.92 Å². The Morgan fingerprint density at radius 1 is 1.09 bits per heavy atom. The molecule has 0 bridgehead atoms. The Balaban J connectivity index is 2.36. The number of aliphatic hydroxyl groups is 4. The molecule has 6 atom stereocenters. The smallest absolute Gasteiger partial charge is 0.305 e. The number of hydrogen-bond acceptors (Lipinski definition) is 9. The average molecular weight is 487 g/mol. The molecule has 1 heterocycles. The van der Waals surface area contributed by atoms with Crippen LogP contribution in [0.2, 0.25) is 0 Å². The van der Waals surface area contributed by atoms with E-state index in [-0.39, 0.29) is 32.0 Å². The van der Waals surface area contributed by atoms with Gasteiger partial charge in [-0.25, -0.2) is 0 Å². The van der Waals surface area contributed by atoms with Crippen LogP contribution in [0.4, 0.5) is 0 Å². The fourth-order valence-corrected chi connectivity index (χ4v) is 3.61. The lowest BCUT2D eigenvalue weighted by Gasteiger charge is -2.36. The Kier molecular flexibility index (Phi) is 15.7. The second kappa shape index (κ2) is 17.6. The van der Waals surface area contributed by atoms with E-state index in [0.29, 0.717) is 25.7 Å². The van der Waals surface area contributed by atoms with Gasteiger partial charge in [-0.05, 0) is 25.7 Å². The van der Waals surface area contributed by atoms with Gasteiger partial charge in [-0.15, -0.1) is 0 Å². The van der Waals surface area contributed by atoms with Crippen molar-refractivity contribution >= 4 is 11.9 Å². The summed E-state index contributed by atoms with van der Waals surface area (Å²) in [5.74, 6) is -1.20. The van der Waals surface area contributed by atoms with Crippen molar-refractivity contribution in [2.75, 3.05) is 13.2 Å². The molecule has 0 aromatic carbocycles. The van der Waals surface area contributed by atoms with E-state index in [1.807, 2.05) is 12.2 Å². The third kappa shape index (κ3) is 13.8. The van der Waals surface area contributed by atoms with Crippen LogP contribution in [0.25, 0.3) is 0 Å². The first-order chi connectivity index (χ1) is 16.2. The van der Waals surface area contributed by atoms with Gasteiger partial charge in [0.1, 0.15) is 19.3 Å². The number of ether oxygens (including phenoxy) is 3. The molecule has 0 aromatic heterocycles. The fourth-order valence-electron chi connectivity index (χ4n) is 3.61. The van der Waals surface area contributed by atoms with Gasteiger partial charge in [0.25, 0.3) is 0 Å². The van der Waals surface area contributed by atoms with Gasteiger partial charge in [0.15, 0.2) is 6.29 Å². The van der Waals surface area contributed by atoms with Crippen LogP contribution in [0.15, 0.2) is 24.3 Å². The minimum Gasteiger partial charge on any atom is -0.463 e. The summed E-state index contributed by atoms with van der Waals surface area (Å²) in [4.78, 5) is 22.4. The van der Waals surface area contributed by atoms with Crippen LogP contribution in [0.1, 0.15) is 71.6 Å². The lowest BCUT2D eigenvalue weighted by Crippen LogP contribution is -2.43. The van der Waals surface area contributed by atoms with E-state index >= 15 is 0 Å². The van der Waals surface area contributed by atoms with Crippen LogP contribution >= 0.6 is 0 Å². The number of esters is 2. The SMILES string of the molecule is CCCCC[C@H](O)/C=C/[C@H]1OC(O)C[C@H](O)[C@@H]1C/C=C\CCCC(=O)OC[C@@H](O)COC(C)=O. The van der Waals surface area contributed by atoms with Gasteiger partial charge in [-0.1, -0.05) is 50.5 Å². The van der Waals surface area contributed by atoms with Gasteiger partial charge >= 0.3 is 11.9 Å². The molecule has 0 aromatic rings. The highest BCUT2D eigenvalue weighted by atomic mass is 16.6. The summed E-state index contributed by atoms with van der Waals surface area (Å²) in [5, 5.41) is 39.9. The standard InChI is InChI=1S/C25H42O9/c1-3-4-7-10-19(27)13-14-23-21(22(29)15-25(31)34-23)11-8-5-6-9-12-24(30)33-17-20(28)16-32-18(2)26/h5,8,13-14,19-23,25,27-29,31H,3-4,6-7,9-12,15-17H2,1-2H3/b8-5-,14-13+/t19-,20-,21-,22-,23+,25?/m0/s1. The summed E-state index contributed by atoms with van der Waals surface area (Å²) in [7, 11) is 0. The molecule has 0 saturated carbocycles. The van der Waals surface area contributed by atoms with Gasteiger partial charge in [0, 0.05) is 25.7 Å². The van der Waals surface area contributed by atoms with E-state index in [4.69, 9.17) is 9.47 Å². The summed E-state index contributed by atoms with van der Waals surface area (Å²) in [6.07, 6.45) is 9.14. The fraction of sp³-hybridized carbons (Fsp3) is 0.760. The van der Waals surface area contributed by atoms with Gasteiger partial charge in [0.05, 0.1) is 18.3 Å². The van der Waals surface area contributed by atoms with Crippen molar-refractivity contribution in [3.63, 3.8) is 0 Å². The van der Waals surface area contributed by atoms with Crippen molar-refractivity contribution in [1.29, 1.82) is 0 Å². The number of aliphatic hydroxyl groups excluding tert-OH is 4. The highest BCUT2D eigenvalue weighted by Crippen LogP contribution is 2.29. The maximum Gasteiger partial charge on any atom is 0.305 e. The lowest BCUT2D eigenvalue weighted by atomic mass is 9.87. The Morgan fingerprint density at radius 3 is 2.53 bits per heavy atom. The van der Waals surface area contributed by atoms with Crippen LogP contribution < -0.4 is 0 Å². The van der Waals surface area contributed by atoms with Crippen molar-refractivity contribution in [3.8, 4) is 0 Å². The summed E-state index contributed by atoms with van der Waals surface area (Å²) in [6, 6.07) is 0. The van der Waals surface area contributed by atoms with Gasteiger partial charge < -0.3 is 34.6 Å². The summed E-state index contributed by atoms with van der Waals surface area (Å²) in [6.45, 7) is 2.89. The molecular formula is C25H42O9. The zero-order valence-electron chi connectivity index (χ0n) is 20.4. The number of hydrogen-bond donors (Lipinski definition) is 4. The van der Waals surface area contributed by atoms with E-state index in [1.54, 1.807) is 12.2 Å². The van der Waals surface area contributed by atoms with E-state index in [0.717, 1.165) is 19.3 Å². The zero-order valence-corrected chi connectivity index (χ0v) is 20.4. The van der Waals surface area contributed by atoms with E-state index in [2.05, 4.69) is 11.7 Å². The summed E-state index contributed by atoms with van der Waals surface area (Å²) < 4.78 is 15.2. The second-order valence-electron chi connectivity index (χ2n) is 8.71.